The zero-order valence-corrected chi connectivity index (χ0v) is 12.4. The summed E-state index contributed by atoms with van der Waals surface area (Å²) in [4.78, 5) is 1.22. The third-order valence-electron chi connectivity index (χ3n) is 2.71. The van der Waals surface area contributed by atoms with Crippen molar-refractivity contribution in [1.82, 2.24) is 5.32 Å². The molecule has 1 heterocycles. The molecule has 5 heteroatoms. The van der Waals surface area contributed by atoms with Gasteiger partial charge >= 0.3 is 0 Å². The van der Waals surface area contributed by atoms with Crippen LogP contribution in [0, 0.1) is 0 Å². The van der Waals surface area contributed by atoms with Crippen molar-refractivity contribution in [1.29, 1.82) is 0 Å². The lowest BCUT2D eigenvalue weighted by Gasteiger charge is -2.01. The Hall–Kier alpha value is -1.17. The van der Waals surface area contributed by atoms with Crippen molar-refractivity contribution in [3.05, 3.63) is 46.7 Å². The zero-order valence-electron chi connectivity index (χ0n) is 10.8. The van der Waals surface area contributed by atoms with Gasteiger partial charge in [-0.2, -0.15) is 0 Å². The zero-order chi connectivity index (χ0) is 13.7. The molecule has 102 valence electrons. The Bertz CT molecular complexity index is 618. The van der Waals surface area contributed by atoms with E-state index in [9.17, 15) is 8.42 Å². The predicted molar refractivity (Wildman–Crippen MR) is 81.2 cm³/mol. The summed E-state index contributed by atoms with van der Waals surface area (Å²) in [5.74, 6) is 0.184. The number of benzene rings is 1. The Morgan fingerprint density at radius 3 is 2.58 bits per heavy atom. The Morgan fingerprint density at radius 2 is 1.89 bits per heavy atom. The summed E-state index contributed by atoms with van der Waals surface area (Å²) in [6.07, 6.45) is 1.26. The molecule has 0 aliphatic carbocycles. The molecule has 0 aliphatic heterocycles. The van der Waals surface area contributed by atoms with E-state index in [1.807, 2.05) is 18.2 Å². The summed E-state index contributed by atoms with van der Waals surface area (Å²) in [5, 5.41) is 5.28. The largest absolute Gasteiger partial charge is 0.311 e. The highest BCUT2D eigenvalue weighted by molar-refractivity contribution is 7.90. The molecule has 3 nitrogen and oxygen atoms in total. The molecule has 2 rings (SSSR count). The highest BCUT2D eigenvalue weighted by Gasteiger charge is 2.03. The fraction of sp³-hybridized carbons (Fsp3) is 0.286. The number of sulfone groups is 1. The fourth-order valence-electron chi connectivity index (χ4n) is 1.72. The molecule has 1 N–H and O–H groups in total. The first kappa shape index (κ1) is 14.2. The highest BCUT2D eigenvalue weighted by Crippen LogP contribution is 2.25. The summed E-state index contributed by atoms with van der Waals surface area (Å²) in [6.45, 7) is 1.21. The molecule has 1 aromatic carbocycles. The number of nitrogens with one attached hydrogen (secondary N) is 1. The van der Waals surface area contributed by atoms with Gasteiger partial charge in [0.25, 0.3) is 0 Å². The number of hydrogen-bond donors (Lipinski definition) is 1. The quantitative estimate of drug-likeness (QED) is 0.833. The van der Waals surface area contributed by atoms with Gasteiger partial charge in [-0.15, -0.1) is 11.3 Å². The molecule has 1 aromatic heterocycles. The first-order chi connectivity index (χ1) is 9.04. The molecule has 0 bridgehead atoms. The van der Waals surface area contributed by atoms with Gasteiger partial charge in [-0.1, -0.05) is 30.3 Å². The van der Waals surface area contributed by atoms with E-state index in [4.69, 9.17) is 0 Å². The van der Waals surface area contributed by atoms with E-state index < -0.39 is 9.84 Å². The molecule has 0 spiro atoms. The molecule has 19 heavy (non-hydrogen) atoms. The standard InChI is InChI=1S/C14H17NO2S2/c1-19(16,17)8-7-15-10-14-9-13(11-18-14)12-5-3-2-4-6-12/h2-6,9,11,15H,7-8,10H2,1H3. The number of rotatable bonds is 6. The van der Waals surface area contributed by atoms with Gasteiger partial charge in [0.1, 0.15) is 9.84 Å². The van der Waals surface area contributed by atoms with Crippen LogP contribution < -0.4 is 5.32 Å². The SMILES string of the molecule is CS(=O)(=O)CCNCc1cc(-c2ccccc2)cs1. The van der Waals surface area contributed by atoms with E-state index in [1.54, 1.807) is 11.3 Å². The van der Waals surface area contributed by atoms with E-state index in [-0.39, 0.29) is 5.75 Å². The molecule has 0 radical (unpaired) electrons. The molecule has 0 saturated carbocycles. The minimum Gasteiger partial charge on any atom is -0.311 e. The van der Waals surface area contributed by atoms with Crippen molar-refractivity contribution in [3.63, 3.8) is 0 Å². The highest BCUT2D eigenvalue weighted by atomic mass is 32.2. The topological polar surface area (TPSA) is 46.2 Å². The van der Waals surface area contributed by atoms with Crippen LogP contribution in [0.15, 0.2) is 41.8 Å². The van der Waals surface area contributed by atoms with Gasteiger partial charge in [-0.3, -0.25) is 0 Å². The van der Waals surface area contributed by atoms with Crippen LogP contribution in [0.1, 0.15) is 4.88 Å². The van der Waals surface area contributed by atoms with E-state index >= 15 is 0 Å². The van der Waals surface area contributed by atoms with Gasteiger partial charge in [0, 0.05) is 24.2 Å². The fourth-order valence-corrected chi connectivity index (χ4v) is 3.10. The van der Waals surface area contributed by atoms with E-state index in [0.717, 1.165) is 0 Å². The maximum absolute atomic E-state index is 11.0. The van der Waals surface area contributed by atoms with Crippen molar-refractivity contribution in [2.24, 2.45) is 0 Å². The second-order valence-electron chi connectivity index (χ2n) is 4.47. The Labute approximate surface area is 118 Å². The minimum absolute atomic E-state index is 0.184. The first-order valence-corrected chi connectivity index (χ1v) is 9.00. The lowest BCUT2D eigenvalue weighted by molar-refractivity contribution is 0.596. The second kappa shape index (κ2) is 6.32. The summed E-state index contributed by atoms with van der Waals surface area (Å²) in [7, 11) is -2.88. The van der Waals surface area contributed by atoms with Crippen LogP contribution >= 0.6 is 11.3 Å². The monoisotopic (exact) mass is 295 g/mol. The number of hydrogen-bond acceptors (Lipinski definition) is 4. The van der Waals surface area contributed by atoms with Crippen molar-refractivity contribution in [3.8, 4) is 11.1 Å². The van der Waals surface area contributed by atoms with E-state index in [1.165, 1.54) is 22.3 Å². The summed E-state index contributed by atoms with van der Waals surface area (Å²) < 4.78 is 22.0. The van der Waals surface area contributed by atoms with Crippen molar-refractivity contribution in [2.45, 2.75) is 6.54 Å². The van der Waals surface area contributed by atoms with Gasteiger partial charge in [0.05, 0.1) is 5.75 Å². The van der Waals surface area contributed by atoms with Crippen LogP contribution in [-0.4, -0.2) is 27.0 Å². The third-order valence-corrected chi connectivity index (χ3v) is 4.59. The van der Waals surface area contributed by atoms with Crippen LogP contribution in [0.4, 0.5) is 0 Å². The van der Waals surface area contributed by atoms with Gasteiger partial charge in [-0.05, 0) is 22.6 Å². The summed E-state index contributed by atoms with van der Waals surface area (Å²) >= 11 is 1.69. The maximum atomic E-state index is 11.0. The van der Waals surface area contributed by atoms with Crippen LogP contribution in [0.3, 0.4) is 0 Å². The molecule has 0 saturated heterocycles. The average Bonchev–Trinajstić information content (AvgIpc) is 2.83. The van der Waals surface area contributed by atoms with Crippen LogP contribution in [-0.2, 0) is 16.4 Å². The van der Waals surface area contributed by atoms with Crippen molar-refractivity contribution >= 4 is 21.2 Å². The molecular formula is C14H17NO2S2. The molecule has 0 atom stereocenters. The second-order valence-corrected chi connectivity index (χ2v) is 7.73. The lowest BCUT2D eigenvalue weighted by Crippen LogP contribution is -2.21. The molecule has 0 aliphatic rings. The molecule has 0 unspecified atom stereocenters. The first-order valence-electron chi connectivity index (χ1n) is 6.06. The molecular weight excluding hydrogens is 278 g/mol. The van der Waals surface area contributed by atoms with Gasteiger partial charge < -0.3 is 5.32 Å². The average molecular weight is 295 g/mol. The molecule has 0 amide bonds. The molecule has 0 fully saturated rings. The lowest BCUT2D eigenvalue weighted by atomic mass is 10.1. The van der Waals surface area contributed by atoms with E-state index in [2.05, 4.69) is 28.9 Å². The van der Waals surface area contributed by atoms with Gasteiger partial charge in [0.2, 0.25) is 0 Å². The Kier molecular flexibility index (Phi) is 4.74. The van der Waals surface area contributed by atoms with Crippen molar-refractivity contribution in [2.75, 3.05) is 18.6 Å². The Morgan fingerprint density at radius 1 is 1.16 bits per heavy atom. The third kappa shape index (κ3) is 4.78. The normalized spacial score (nSPS) is 11.6. The number of thiophene rings is 1. The van der Waals surface area contributed by atoms with Crippen LogP contribution in [0.2, 0.25) is 0 Å². The maximum Gasteiger partial charge on any atom is 0.148 e. The minimum atomic E-state index is -2.88. The van der Waals surface area contributed by atoms with Gasteiger partial charge in [-0.25, -0.2) is 8.42 Å². The molecule has 2 aromatic rings. The van der Waals surface area contributed by atoms with Gasteiger partial charge in [0.15, 0.2) is 0 Å². The van der Waals surface area contributed by atoms with Crippen LogP contribution in [0.5, 0.6) is 0 Å². The smallest absolute Gasteiger partial charge is 0.148 e. The Balaban J connectivity index is 1.88. The van der Waals surface area contributed by atoms with Crippen molar-refractivity contribution < 1.29 is 8.42 Å². The predicted octanol–water partition coefficient (Wildman–Crippen LogP) is 2.55. The van der Waals surface area contributed by atoms with Crippen LogP contribution in [0.25, 0.3) is 11.1 Å². The summed E-state index contributed by atoms with van der Waals surface area (Å²) in [5.41, 5.74) is 2.42. The summed E-state index contributed by atoms with van der Waals surface area (Å²) in [6, 6.07) is 12.4. The van der Waals surface area contributed by atoms with E-state index in [0.29, 0.717) is 13.1 Å².